The van der Waals surface area contributed by atoms with E-state index in [2.05, 4.69) is 27.7 Å². The molecule has 84 valence electrons. The number of aryl methyl sites for hydroxylation is 1. The van der Waals surface area contributed by atoms with Gasteiger partial charge in [-0.3, -0.25) is 0 Å². The Bertz CT molecular complexity index is 340. The minimum absolute atomic E-state index is 0.489. The third-order valence-electron chi connectivity index (χ3n) is 3.15. The number of hydrogen-bond donors (Lipinski definition) is 1. The summed E-state index contributed by atoms with van der Waals surface area (Å²) in [5.41, 5.74) is 5.17. The van der Waals surface area contributed by atoms with Gasteiger partial charge in [-0.2, -0.15) is 0 Å². The first kappa shape index (κ1) is 12.1. The van der Waals surface area contributed by atoms with Crippen molar-refractivity contribution >= 4 is 0 Å². The molecule has 1 N–H and O–H groups in total. The van der Waals surface area contributed by atoms with Crippen LogP contribution in [0.15, 0.2) is 6.07 Å². The third-order valence-corrected chi connectivity index (χ3v) is 3.15. The Morgan fingerprint density at radius 3 is 2.20 bits per heavy atom. The van der Waals surface area contributed by atoms with Crippen molar-refractivity contribution in [3.05, 3.63) is 28.3 Å². The molecule has 0 aliphatic heterocycles. The molecule has 1 rings (SSSR count). The van der Waals surface area contributed by atoms with Gasteiger partial charge in [0.2, 0.25) is 0 Å². The fourth-order valence-corrected chi connectivity index (χ4v) is 2.33. The van der Waals surface area contributed by atoms with Crippen molar-refractivity contribution in [2.24, 2.45) is 0 Å². The van der Waals surface area contributed by atoms with Gasteiger partial charge in [0.15, 0.2) is 0 Å². The van der Waals surface area contributed by atoms with Crippen LogP contribution < -0.4 is 0 Å². The van der Waals surface area contributed by atoms with Gasteiger partial charge in [-0.15, -0.1) is 0 Å². The summed E-state index contributed by atoms with van der Waals surface area (Å²) in [4.78, 5) is 0. The van der Waals surface area contributed by atoms with Crippen LogP contribution in [0.2, 0.25) is 0 Å². The van der Waals surface area contributed by atoms with Crippen LogP contribution in [0, 0.1) is 6.92 Å². The maximum atomic E-state index is 9.95. The second-order valence-electron chi connectivity index (χ2n) is 4.09. The van der Waals surface area contributed by atoms with Gasteiger partial charge < -0.3 is 5.11 Å². The quantitative estimate of drug-likeness (QED) is 0.795. The summed E-state index contributed by atoms with van der Waals surface area (Å²) >= 11 is 0. The molecule has 0 saturated carbocycles. The molecule has 1 aromatic rings. The van der Waals surface area contributed by atoms with E-state index >= 15 is 0 Å². The van der Waals surface area contributed by atoms with Crippen molar-refractivity contribution < 1.29 is 5.11 Å². The summed E-state index contributed by atoms with van der Waals surface area (Å²) in [6.07, 6.45) is 4.13. The molecule has 0 aliphatic carbocycles. The minimum atomic E-state index is 0.489. The van der Waals surface area contributed by atoms with Crippen LogP contribution in [-0.2, 0) is 19.3 Å². The molecule has 1 heteroatoms. The first-order valence-electron chi connectivity index (χ1n) is 5.98. The molecule has 0 bridgehead atoms. The fourth-order valence-electron chi connectivity index (χ4n) is 2.33. The van der Waals surface area contributed by atoms with E-state index in [4.69, 9.17) is 0 Å². The molecule has 0 radical (unpaired) electrons. The smallest absolute Gasteiger partial charge is 0.119 e. The number of aromatic hydroxyl groups is 1. The van der Waals surface area contributed by atoms with E-state index in [1.165, 1.54) is 16.7 Å². The van der Waals surface area contributed by atoms with Gasteiger partial charge in [0.05, 0.1) is 0 Å². The average Bonchev–Trinajstić information content (AvgIpc) is 2.23. The Kier molecular flexibility index (Phi) is 4.19. The SMILES string of the molecule is CCCc1c(O)cc(CC)c(CC)c1C. The molecule has 0 aromatic heterocycles. The molecule has 0 aliphatic rings. The number of phenolic OH excluding ortho intramolecular Hbond substituents is 1. The van der Waals surface area contributed by atoms with Crippen LogP contribution >= 0.6 is 0 Å². The molecule has 0 saturated heterocycles. The summed E-state index contributed by atoms with van der Waals surface area (Å²) in [6.45, 7) is 8.63. The van der Waals surface area contributed by atoms with Crippen molar-refractivity contribution in [1.82, 2.24) is 0 Å². The monoisotopic (exact) mass is 206 g/mol. The first-order chi connectivity index (χ1) is 7.15. The van der Waals surface area contributed by atoms with Crippen LogP contribution in [-0.4, -0.2) is 5.11 Å². The van der Waals surface area contributed by atoms with Crippen LogP contribution in [0.4, 0.5) is 0 Å². The van der Waals surface area contributed by atoms with Crippen LogP contribution in [0.25, 0.3) is 0 Å². The van der Waals surface area contributed by atoms with E-state index in [0.717, 1.165) is 31.2 Å². The van der Waals surface area contributed by atoms with Crippen molar-refractivity contribution in [1.29, 1.82) is 0 Å². The normalized spacial score (nSPS) is 10.7. The van der Waals surface area contributed by atoms with E-state index < -0.39 is 0 Å². The van der Waals surface area contributed by atoms with Gasteiger partial charge in [0, 0.05) is 0 Å². The molecule has 0 unspecified atom stereocenters. The van der Waals surface area contributed by atoms with Gasteiger partial charge in [0.25, 0.3) is 0 Å². The number of rotatable bonds is 4. The van der Waals surface area contributed by atoms with E-state index in [0.29, 0.717) is 5.75 Å². The van der Waals surface area contributed by atoms with Crippen LogP contribution in [0.3, 0.4) is 0 Å². The highest BCUT2D eigenvalue weighted by molar-refractivity contribution is 5.48. The molecular formula is C14H22O. The minimum Gasteiger partial charge on any atom is -0.508 e. The second-order valence-corrected chi connectivity index (χ2v) is 4.09. The maximum absolute atomic E-state index is 9.95. The number of phenols is 1. The fraction of sp³-hybridized carbons (Fsp3) is 0.571. The zero-order valence-electron chi connectivity index (χ0n) is 10.4. The highest BCUT2D eigenvalue weighted by Gasteiger charge is 2.11. The van der Waals surface area contributed by atoms with E-state index in [-0.39, 0.29) is 0 Å². The van der Waals surface area contributed by atoms with Gasteiger partial charge in [-0.25, -0.2) is 0 Å². The predicted octanol–water partition coefficient (Wildman–Crippen LogP) is 3.78. The zero-order chi connectivity index (χ0) is 11.4. The van der Waals surface area contributed by atoms with Crippen LogP contribution in [0.1, 0.15) is 49.4 Å². The van der Waals surface area contributed by atoms with Crippen LogP contribution in [0.5, 0.6) is 5.75 Å². The summed E-state index contributed by atoms with van der Waals surface area (Å²) in [5, 5.41) is 9.95. The van der Waals surface area contributed by atoms with Gasteiger partial charge >= 0.3 is 0 Å². The lowest BCUT2D eigenvalue weighted by molar-refractivity contribution is 0.465. The first-order valence-corrected chi connectivity index (χ1v) is 5.98. The Labute approximate surface area is 93.1 Å². The molecule has 0 atom stereocenters. The highest BCUT2D eigenvalue weighted by Crippen LogP contribution is 2.29. The molecule has 1 nitrogen and oxygen atoms in total. The zero-order valence-corrected chi connectivity index (χ0v) is 10.4. The molecule has 1 aromatic carbocycles. The number of benzene rings is 1. The Morgan fingerprint density at radius 2 is 1.73 bits per heavy atom. The summed E-state index contributed by atoms with van der Waals surface area (Å²) < 4.78 is 0. The summed E-state index contributed by atoms with van der Waals surface area (Å²) in [6, 6.07) is 1.96. The Hall–Kier alpha value is -0.980. The molecule has 15 heavy (non-hydrogen) atoms. The maximum Gasteiger partial charge on any atom is 0.119 e. The van der Waals surface area contributed by atoms with Gasteiger partial charge in [-0.05, 0) is 54.5 Å². The standard InChI is InChI=1S/C14H22O/c1-5-8-13-10(4)12(7-3)11(6-2)9-14(13)15/h9,15H,5-8H2,1-4H3. The molecule has 0 spiro atoms. The molecule has 0 heterocycles. The van der Waals surface area contributed by atoms with Gasteiger partial charge in [0.1, 0.15) is 5.75 Å². The summed E-state index contributed by atoms with van der Waals surface area (Å²) in [5.74, 6) is 0.489. The van der Waals surface area contributed by atoms with E-state index in [1.54, 1.807) is 0 Å². The lowest BCUT2D eigenvalue weighted by atomic mass is 9.91. The van der Waals surface area contributed by atoms with Crippen molar-refractivity contribution in [3.63, 3.8) is 0 Å². The lowest BCUT2D eigenvalue weighted by Crippen LogP contribution is -2.00. The molecule has 0 amide bonds. The van der Waals surface area contributed by atoms with Crippen molar-refractivity contribution in [3.8, 4) is 5.75 Å². The molecule has 0 fully saturated rings. The topological polar surface area (TPSA) is 20.2 Å². The lowest BCUT2D eigenvalue weighted by Gasteiger charge is -2.16. The second kappa shape index (κ2) is 5.20. The Balaban J connectivity index is 3.31. The van der Waals surface area contributed by atoms with E-state index in [9.17, 15) is 5.11 Å². The highest BCUT2D eigenvalue weighted by atomic mass is 16.3. The third kappa shape index (κ3) is 2.34. The van der Waals surface area contributed by atoms with Crippen molar-refractivity contribution in [2.45, 2.75) is 53.4 Å². The van der Waals surface area contributed by atoms with Crippen molar-refractivity contribution in [2.75, 3.05) is 0 Å². The molecular weight excluding hydrogens is 184 g/mol. The largest absolute Gasteiger partial charge is 0.508 e. The summed E-state index contributed by atoms with van der Waals surface area (Å²) in [7, 11) is 0. The Morgan fingerprint density at radius 1 is 1.07 bits per heavy atom. The number of hydrogen-bond acceptors (Lipinski definition) is 1. The van der Waals surface area contributed by atoms with E-state index in [1.807, 2.05) is 6.07 Å². The van der Waals surface area contributed by atoms with Gasteiger partial charge in [-0.1, -0.05) is 27.2 Å². The average molecular weight is 206 g/mol. The predicted molar refractivity (Wildman–Crippen MR) is 65.6 cm³/mol.